The molecule has 1 aliphatic carbocycles. The number of amides is 2. The number of nitrogens with zero attached hydrogens (tertiary/aromatic N) is 1. The van der Waals surface area contributed by atoms with Gasteiger partial charge >= 0.3 is 0 Å². The quantitative estimate of drug-likeness (QED) is 0.911. The molecule has 0 bridgehead atoms. The first-order chi connectivity index (χ1) is 9.50. The second-order valence-electron chi connectivity index (χ2n) is 6.19. The van der Waals surface area contributed by atoms with Gasteiger partial charge in [-0.2, -0.15) is 0 Å². The lowest BCUT2D eigenvalue weighted by Crippen LogP contribution is -2.38. The first kappa shape index (κ1) is 13.2. The van der Waals surface area contributed by atoms with E-state index in [2.05, 4.69) is 5.32 Å². The Kier molecular flexibility index (Phi) is 3.04. The molecule has 106 valence electrons. The lowest BCUT2D eigenvalue weighted by Gasteiger charge is -2.20. The topological polar surface area (TPSA) is 49.4 Å². The highest BCUT2D eigenvalue weighted by molar-refractivity contribution is 6.07. The molecule has 1 aromatic carbocycles. The molecular weight excluding hydrogens is 252 g/mol. The predicted octanol–water partition coefficient (Wildman–Crippen LogP) is 1.98. The highest BCUT2D eigenvalue weighted by atomic mass is 16.2. The van der Waals surface area contributed by atoms with Crippen molar-refractivity contribution in [3.8, 4) is 0 Å². The van der Waals surface area contributed by atoms with Gasteiger partial charge in [-0.1, -0.05) is 18.2 Å². The molecule has 1 heterocycles. The van der Waals surface area contributed by atoms with Crippen LogP contribution in [0.3, 0.4) is 0 Å². The van der Waals surface area contributed by atoms with Gasteiger partial charge in [0.2, 0.25) is 11.8 Å². The van der Waals surface area contributed by atoms with Crippen LogP contribution in [-0.4, -0.2) is 24.4 Å². The van der Waals surface area contributed by atoms with Crippen LogP contribution in [0.4, 0.5) is 5.69 Å². The highest BCUT2D eigenvalue weighted by Gasteiger charge is 2.43. The summed E-state index contributed by atoms with van der Waals surface area (Å²) in [6, 6.07) is 8.22. The molecule has 0 radical (unpaired) electrons. The number of nitrogens with one attached hydrogen (secondary N) is 1. The molecule has 1 aliphatic heterocycles. The van der Waals surface area contributed by atoms with E-state index in [1.807, 2.05) is 38.1 Å². The minimum atomic E-state index is -0.496. The minimum absolute atomic E-state index is 0.0440. The summed E-state index contributed by atoms with van der Waals surface area (Å²) in [6.45, 7) is 4.34. The van der Waals surface area contributed by atoms with Crippen LogP contribution >= 0.6 is 0 Å². The first-order valence-electron chi connectivity index (χ1n) is 7.21. The number of anilines is 1. The van der Waals surface area contributed by atoms with Crippen molar-refractivity contribution in [2.45, 2.75) is 44.6 Å². The molecule has 3 rings (SSSR count). The monoisotopic (exact) mass is 272 g/mol. The second-order valence-corrected chi connectivity index (χ2v) is 6.19. The molecule has 0 spiro atoms. The molecule has 0 atom stereocenters. The van der Waals surface area contributed by atoms with Gasteiger partial charge < -0.3 is 10.2 Å². The SMILES string of the molecule is CC1(C)C(=O)N(CCC(=O)NC2CC2)c2ccccc21. The molecule has 4 nitrogen and oxygen atoms in total. The zero-order valence-electron chi connectivity index (χ0n) is 12.0. The summed E-state index contributed by atoms with van der Waals surface area (Å²) in [5.74, 6) is 0.125. The third-order valence-corrected chi connectivity index (χ3v) is 4.15. The lowest BCUT2D eigenvalue weighted by molar-refractivity contribution is -0.122. The first-order valence-corrected chi connectivity index (χ1v) is 7.21. The third-order valence-electron chi connectivity index (χ3n) is 4.15. The van der Waals surface area contributed by atoms with Gasteiger partial charge in [0.1, 0.15) is 0 Å². The van der Waals surface area contributed by atoms with Crippen LogP contribution in [0.15, 0.2) is 24.3 Å². The molecular formula is C16H20N2O2. The van der Waals surface area contributed by atoms with Crippen LogP contribution in [0, 0.1) is 0 Å². The fraction of sp³-hybridized carbons (Fsp3) is 0.500. The Morgan fingerprint density at radius 1 is 1.35 bits per heavy atom. The lowest BCUT2D eigenvalue weighted by atomic mass is 9.86. The summed E-state index contributed by atoms with van der Waals surface area (Å²) >= 11 is 0. The van der Waals surface area contributed by atoms with Crippen molar-refractivity contribution in [2.75, 3.05) is 11.4 Å². The van der Waals surface area contributed by atoms with Crippen molar-refractivity contribution in [1.82, 2.24) is 5.32 Å². The van der Waals surface area contributed by atoms with Gasteiger partial charge in [0.25, 0.3) is 0 Å². The number of para-hydroxylation sites is 1. The molecule has 4 heteroatoms. The summed E-state index contributed by atoms with van der Waals surface area (Å²) in [7, 11) is 0. The van der Waals surface area contributed by atoms with Gasteiger partial charge in [0.05, 0.1) is 5.41 Å². The van der Waals surface area contributed by atoms with Crippen molar-refractivity contribution in [3.05, 3.63) is 29.8 Å². The van der Waals surface area contributed by atoms with Crippen LogP contribution in [0.5, 0.6) is 0 Å². The zero-order valence-corrected chi connectivity index (χ0v) is 12.0. The minimum Gasteiger partial charge on any atom is -0.353 e. The van der Waals surface area contributed by atoms with E-state index in [0.29, 0.717) is 19.0 Å². The van der Waals surface area contributed by atoms with Crippen molar-refractivity contribution >= 4 is 17.5 Å². The Morgan fingerprint density at radius 3 is 2.75 bits per heavy atom. The van der Waals surface area contributed by atoms with Crippen LogP contribution in [0.25, 0.3) is 0 Å². The Labute approximate surface area is 119 Å². The van der Waals surface area contributed by atoms with Gasteiger partial charge in [0, 0.05) is 24.7 Å². The number of carbonyl (C=O) groups excluding carboxylic acids is 2. The summed E-state index contributed by atoms with van der Waals surface area (Å²) in [4.78, 5) is 26.1. The number of fused-ring (bicyclic) bond motifs is 1. The molecule has 1 saturated carbocycles. The molecule has 1 fully saturated rings. The van der Waals surface area contributed by atoms with Crippen molar-refractivity contribution < 1.29 is 9.59 Å². The van der Waals surface area contributed by atoms with E-state index in [0.717, 1.165) is 24.1 Å². The average molecular weight is 272 g/mol. The number of hydrogen-bond acceptors (Lipinski definition) is 2. The van der Waals surface area contributed by atoms with Gasteiger partial charge in [-0.3, -0.25) is 9.59 Å². The van der Waals surface area contributed by atoms with Crippen molar-refractivity contribution in [1.29, 1.82) is 0 Å². The smallest absolute Gasteiger partial charge is 0.237 e. The maximum absolute atomic E-state index is 12.5. The Morgan fingerprint density at radius 2 is 2.05 bits per heavy atom. The average Bonchev–Trinajstić information content (AvgIpc) is 3.19. The number of rotatable bonds is 4. The van der Waals surface area contributed by atoms with E-state index in [4.69, 9.17) is 0 Å². The summed E-state index contributed by atoms with van der Waals surface area (Å²) < 4.78 is 0. The third kappa shape index (κ3) is 2.19. The maximum atomic E-state index is 12.5. The molecule has 0 aromatic heterocycles. The Hall–Kier alpha value is -1.84. The fourth-order valence-corrected chi connectivity index (χ4v) is 2.76. The van der Waals surface area contributed by atoms with Gasteiger partial charge in [-0.05, 0) is 38.3 Å². The van der Waals surface area contributed by atoms with E-state index < -0.39 is 5.41 Å². The summed E-state index contributed by atoms with van der Waals surface area (Å²) in [6.07, 6.45) is 2.54. The summed E-state index contributed by atoms with van der Waals surface area (Å²) in [5.41, 5.74) is 1.50. The Bertz CT molecular complexity index is 561. The van der Waals surface area contributed by atoms with E-state index in [1.165, 1.54) is 0 Å². The standard InChI is InChI=1S/C16H20N2O2/c1-16(2)12-5-3-4-6-13(12)18(15(16)20)10-9-14(19)17-11-7-8-11/h3-6,11H,7-10H2,1-2H3,(H,17,19). The van der Waals surface area contributed by atoms with Gasteiger partial charge in [0.15, 0.2) is 0 Å². The van der Waals surface area contributed by atoms with Crippen LogP contribution in [0.2, 0.25) is 0 Å². The number of benzene rings is 1. The largest absolute Gasteiger partial charge is 0.353 e. The molecule has 20 heavy (non-hydrogen) atoms. The molecule has 2 amide bonds. The number of hydrogen-bond donors (Lipinski definition) is 1. The van der Waals surface area contributed by atoms with E-state index in [-0.39, 0.29) is 11.8 Å². The van der Waals surface area contributed by atoms with E-state index in [9.17, 15) is 9.59 Å². The normalized spacial score (nSPS) is 19.9. The van der Waals surface area contributed by atoms with Crippen molar-refractivity contribution in [3.63, 3.8) is 0 Å². The molecule has 1 N–H and O–H groups in total. The maximum Gasteiger partial charge on any atom is 0.237 e. The zero-order chi connectivity index (χ0) is 14.3. The Balaban J connectivity index is 1.73. The molecule has 0 unspecified atom stereocenters. The number of carbonyl (C=O) groups is 2. The van der Waals surface area contributed by atoms with Gasteiger partial charge in [-0.15, -0.1) is 0 Å². The fourth-order valence-electron chi connectivity index (χ4n) is 2.76. The van der Waals surface area contributed by atoms with Crippen LogP contribution in [0.1, 0.15) is 38.7 Å². The van der Waals surface area contributed by atoms with E-state index >= 15 is 0 Å². The molecule has 1 aromatic rings. The van der Waals surface area contributed by atoms with Crippen LogP contribution < -0.4 is 10.2 Å². The molecule has 0 saturated heterocycles. The second kappa shape index (κ2) is 4.62. The van der Waals surface area contributed by atoms with Gasteiger partial charge in [-0.25, -0.2) is 0 Å². The highest BCUT2D eigenvalue weighted by Crippen LogP contribution is 2.41. The van der Waals surface area contributed by atoms with Crippen molar-refractivity contribution in [2.24, 2.45) is 0 Å². The predicted molar refractivity (Wildman–Crippen MR) is 77.6 cm³/mol. The molecule has 2 aliphatic rings. The summed E-state index contributed by atoms with van der Waals surface area (Å²) in [5, 5.41) is 2.96. The van der Waals surface area contributed by atoms with Crippen LogP contribution in [-0.2, 0) is 15.0 Å². The van der Waals surface area contributed by atoms with E-state index in [1.54, 1.807) is 4.90 Å².